The van der Waals surface area contributed by atoms with Crippen molar-refractivity contribution in [2.45, 2.75) is 25.9 Å². The number of nitrogens with zero attached hydrogens (tertiary/aromatic N) is 3. The number of amides is 2. The molecule has 2 heterocycles. The molecular formula is C30H25ClF2N4O3. The van der Waals surface area contributed by atoms with E-state index in [1.807, 2.05) is 13.0 Å². The second-order valence-corrected chi connectivity index (χ2v) is 9.80. The first-order valence-corrected chi connectivity index (χ1v) is 12.9. The molecule has 0 atom stereocenters. The lowest BCUT2D eigenvalue weighted by molar-refractivity contribution is -0.112. The van der Waals surface area contributed by atoms with E-state index in [-0.39, 0.29) is 35.0 Å². The summed E-state index contributed by atoms with van der Waals surface area (Å²) in [4.78, 5) is 27.8. The van der Waals surface area contributed by atoms with Crippen molar-refractivity contribution in [3.8, 4) is 5.69 Å². The first-order chi connectivity index (χ1) is 19.2. The second kappa shape index (κ2) is 11.0. The van der Waals surface area contributed by atoms with Gasteiger partial charge in [-0.3, -0.25) is 9.59 Å². The maximum atomic E-state index is 15.5. The van der Waals surface area contributed by atoms with Crippen molar-refractivity contribution in [2.24, 2.45) is 0 Å². The zero-order valence-corrected chi connectivity index (χ0v) is 22.2. The molecule has 0 fully saturated rings. The topological polar surface area (TPSA) is 87.5 Å². The van der Waals surface area contributed by atoms with E-state index >= 15 is 8.78 Å². The van der Waals surface area contributed by atoms with Gasteiger partial charge in [0.2, 0.25) is 5.91 Å². The van der Waals surface area contributed by atoms with Crippen molar-refractivity contribution in [1.29, 1.82) is 0 Å². The van der Waals surface area contributed by atoms with Crippen LogP contribution >= 0.6 is 11.6 Å². The number of aliphatic hydroxyl groups excluding tert-OH is 1. The molecule has 2 amide bonds. The predicted octanol–water partition coefficient (Wildman–Crippen LogP) is 6.03. The summed E-state index contributed by atoms with van der Waals surface area (Å²) in [7, 11) is 0. The van der Waals surface area contributed by atoms with E-state index in [9.17, 15) is 14.7 Å². The zero-order chi connectivity index (χ0) is 28.4. The van der Waals surface area contributed by atoms with Crippen molar-refractivity contribution in [1.82, 2.24) is 9.78 Å². The average Bonchev–Trinajstić information content (AvgIpc) is 3.34. The van der Waals surface area contributed by atoms with Gasteiger partial charge in [-0.2, -0.15) is 5.10 Å². The molecule has 3 aromatic carbocycles. The van der Waals surface area contributed by atoms with Crippen molar-refractivity contribution in [2.75, 3.05) is 16.8 Å². The van der Waals surface area contributed by atoms with Gasteiger partial charge in [0, 0.05) is 42.1 Å². The van der Waals surface area contributed by atoms with Gasteiger partial charge in [0.15, 0.2) is 0 Å². The molecule has 40 heavy (non-hydrogen) atoms. The van der Waals surface area contributed by atoms with E-state index in [0.29, 0.717) is 16.9 Å². The van der Waals surface area contributed by atoms with Crippen LogP contribution in [0, 0.1) is 6.92 Å². The molecule has 1 aromatic heterocycles. The van der Waals surface area contributed by atoms with Gasteiger partial charge < -0.3 is 15.3 Å². The van der Waals surface area contributed by atoms with Gasteiger partial charge in [0.05, 0.1) is 34.3 Å². The molecule has 4 aromatic rings. The third-order valence-corrected chi connectivity index (χ3v) is 6.94. The summed E-state index contributed by atoms with van der Waals surface area (Å²) in [5, 5.41) is 16.3. The van der Waals surface area contributed by atoms with Gasteiger partial charge in [0.25, 0.3) is 11.8 Å². The number of allylic oxidation sites excluding steroid dienone is 1. The quantitative estimate of drug-likeness (QED) is 0.291. The Morgan fingerprint density at radius 3 is 2.52 bits per heavy atom. The molecule has 7 nitrogen and oxygen atoms in total. The van der Waals surface area contributed by atoms with E-state index in [4.69, 9.17) is 11.6 Å². The number of aryl methyl sites for hydroxylation is 1. The van der Waals surface area contributed by atoms with Crippen molar-refractivity contribution in [3.05, 3.63) is 112 Å². The highest BCUT2D eigenvalue weighted by Gasteiger charge is 2.41. The maximum Gasteiger partial charge on any atom is 0.275 e. The fourth-order valence-electron chi connectivity index (χ4n) is 4.56. The number of rotatable bonds is 5. The Bertz CT molecular complexity index is 1620. The molecule has 0 saturated heterocycles. The molecule has 0 radical (unpaired) electrons. The normalized spacial score (nSPS) is 15.4. The minimum atomic E-state index is -3.39. The van der Waals surface area contributed by atoms with E-state index in [2.05, 4.69) is 10.4 Å². The molecule has 10 heteroatoms. The Kier molecular flexibility index (Phi) is 7.51. The number of hydrogen-bond acceptors (Lipinski definition) is 4. The Hall–Kier alpha value is -4.34. The van der Waals surface area contributed by atoms with Crippen LogP contribution in [0.1, 0.15) is 33.6 Å². The molecule has 0 saturated carbocycles. The average molecular weight is 563 g/mol. The molecule has 1 aliphatic rings. The Labute approximate surface area is 234 Å². The molecule has 2 N–H and O–H groups in total. The number of benzene rings is 3. The largest absolute Gasteiger partial charge is 0.392 e. The lowest BCUT2D eigenvalue weighted by Crippen LogP contribution is -2.33. The van der Waals surface area contributed by atoms with Gasteiger partial charge in [-0.05, 0) is 55.0 Å². The standard InChI is InChI=1S/C30H25ClF2N4O3/c1-19-12-14-37(35-19)22-10-11-24(26(31)16-22)29(40)36-15-13-30(32,33)25(23-4-2-3-5-27(23)36)17-28(39)34-21-8-6-20(18-38)7-9-21/h2-12,14,16-17,38H,13,15,18H2,1H3,(H,34,39). The third kappa shape index (κ3) is 5.52. The highest BCUT2D eigenvalue weighted by Crippen LogP contribution is 2.43. The number of nitrogens with one attached hydrogen (secondary N) is 1. The van der Waals surface area contributed by atoms with Crippen LogP contribution in [0.2, 0.25) is 5.02 Å². The smallest absolute Gasteiger partial charge is 0.275 e. The highest BCUT2D eigenvalue weighted by molar-refractivity contribution is 6.34. The Morgan fingerprint density at radius 1 is 1.10 bits per heavy atom. The molecule has 0 aliphatic carbocycles. The predicted molar refractivity (Wildman–Crippen MR) is 150 cm³/mol. The number of halogens is 3. The number of fused-ring (bicyclic) bond motifs is 1. The summed E-state index contributed by atoms with van der Waals surface area (Å²) in [6, 6.07) is 19.3. The number of para-hydroxylation sites is 1. The first kappa shape index (κ1) is 27.2. The monoisotopic (exact) mass is 562 g/mol. The van der Waals surface area contributed by atoms with Crippen LogP contribution in [0.5, 0.6) is 0 Å². The van der Waals surface area contributed by atoms with Crippen LogP contribution in [0.25, 0.3) is 11.3 Å². The minimum absolute atomic E-state index is 0.0730. The van der Waals surface area contributed by atoms with Gasteiger partial charge in [-0.25, -0.2) is 13.5 Å². The summed E-state index contributed by atoms with van der Waals surface area (Å²) in [5.41, 5.74) is 2.50. The van der Waals surface area contributed by atoms with E-state index < -0.39 is 29.7 Å². The van der Waals surface area contributed by atoms with Crippen LogP contribution in [-0.4, -0.2) is 39.2 Å². The fraction of sp³-hybridized carbons (Fsp3) is 0.167. The summed E-state index contributed by atoms with van der Waals surface area (Å²) in [5.74, 6) is -4.67. The van der Waals surface area contributed by atoms with Crippen molar-refractivity contribution < 1.29 is 23.5 Å². The van der Waals surface area contributed by atoms with Gasteiger partial charge in [0.1, 0.15) is 0 Å². The summed E-state index contributed by atoms with van der Waals surface area (Å²) >= 11 is 6.50. The van der Waals surface area contributed by atoms with Gasteiger partial charge in [-0.1, -0.05) is 41.9 Å². The van der Waals surface area contributed by atoms with Gasteiger partial charge >= 0.3 is 0 Å². The number of hydrogen-bond donors (Lipinski definition) is 2. The maximum absolute atomic E-state index is 15.5. The number of aromatic nitrogens is 2. The van der Waals surface area contributed by atoms with Crippen LogP contribution in [0.3, 0.4) is 0 Å². The number of carbonyl (C=O) groups excluding carboxylic acids is 2. The number of carbonyl (C=O) groups is 2. The van der Waals surface area contributed by atoms with E-state index in [1.165, 1.54) is 11.0 Å². The summed E-state index contributed by atoms with van der Waals surface area (Å²) < 4.78 is 32.7. The van der Waals surface area contributed by atoms with E-state index in [1.54, 1.807) is 71.5 Å². The van der Waals surface area contributed by atoms with Crippen LogP contribution < -0.4 is 10.2 Å². The molecule has 0 unspecified atom stereocenters. The molecule has 0 spiro atoms. The van der Waals surface area contributed by atoms with Crippen molar-refractivity contribution in [3.63, 3.8) is 0 Å². The van der Waals surface area contributed by atoms with Crippen LogP contribution in [0.4, 0.5) is 20.2 Å². The van der Waals surface area contributed by atoms with E-state index in [0.717, 1.165) is 11.8 Å². The van der Waals surface area contributed by atoms with Crippen LogP contribution in [0.15, 0.2) is 85.1 Å². The van der Waals surface area contributed by atoms with Crippen molar-refractivity contribution >= 4 is 40.4 Å². The second-order valence-electron chi connectivity index (χ2n) is 9.40. The number of anilines is 2. The number of aliphatic hydroxyl groups is 1. The Balaban J connectivity index is 1.47. The first-order valence-electron chi connectivity index (χ1n) is 12.5. The fourth-order valence-corrected chi connectivity index (χ4v) is 4.82. The molecule has 204 valence electrons. The van der Waals surface area contributed by atoms with Gasteiger partial charge in [-0.15, -0.1) is 0 Å². The molecule has 5 rings (SSSR count). The number of alkyl halides is 2. The lowest BCUT2D eigenvalue weighted by Gasteiger charge is -2.23. The Morgan fingerprint density at radius 2 is 1.85 bits per heavy atom. The summed E-state index contributed by atoms with van der Waals surface area (Å²) in [6.07, 6.45) is 1.95. The lowest BCUT2D eigenvalue weighted by atomic mass is 9.97. The molecule has 1 aliphatic heterocycles. The minimum Gasteiger partial charge on any atom is -0.392 e. The zero-order valence-electron chi connectivity index (χ0n) is 21.4. The highest BCUT2D eigenvalue weighted by atomic mass is 35.5. The third-order valence-electron chi connectivity index (χ3n) is 6.62. The summed E-state index contributed by atoms with van der Waals surface area (Å²) in [6.45, 7) is 1.40. The molecule has 0 bridgehead atoms. The van der Waals surface area contributed by atoms with Crippen LogP contribution in [-0.2, 0) is 11.4 Å². The SMILES string of the molecule is Cc1ccn(-c2ccc(C(=O)N3CCC(F)(F)C(=CC(=O)Nc4ccc(CO)cc4)c4ccccc43)c(Cl)c2)n1. The molecular weight excluding hydrogens is 538 g/mol.